The average molecular weight is 312 g/mol. The number of hydrogen-bond donors (Lipinski definition) is 1. The van der Waals surface area contributed by atoms with E-state index in [9.17, 15) is 0 Å². The fourth-order valence-corrected chi connectivity index (χ4v) is 2.63. The van der Waals surface area contributed by atoms with Crippen molar-refractivity contribution in [2.45, 2.75) is 26.3 Å². The van der Waals surface area contributed by atoms with E-state index in [2.05, 4.69) is 56.9 Å². The van der Waals surface area contributed by atoms with Gasteiger partial charge in [0.15, 0.2) is 0 Å². The van der Waals surface area contributed by atoms with Gasteiger partial charge in [-0.2, -0.15) is 4.98 Å². The molecule has 122 valence electrons. The van der Waals surface area contributed by atoms with Crippen LogP contribution in [0.15, 0.2) is 36.7 Å². The molecule has 3 rings (SSSR count). The fraction of sp³-hybridized carbons (Fsp3) is 0.471. The van der Waals surface area contributed by atoms with E-state index in [4.69, 9.17) is 0 Å². The van der Waals surface area contributed by atoms with Crippen LogP contribution < -0.4 is 15.1 Å². The largest absolute Gasteiger partial charge is 0.353 e. The summed E-state index contributed by atoms with van der Waals surface area (Å²) in [7, 11) is 0. The number of nitrogens with one attached hydrogen (secondary N) is 1. The summed E-state index contributed by atoms with van der Waals surface area (Å²) in [5, 5.41) is 3.33. The van der Waals surface area contributed by atoms with Crippen LogP contribution in [0.4, 0.5) is 17.6 Å². The summed E-state index contributed by atoms with van der Waals surface area (Å²) in [6, 6.07) is 8.02. The molecule has 0 spiro atoms. The Bertz CT molecular complexity index is 629. The Hall–Kier alpha value is -2.37. The molecule has 0 unspecified atom stereocenters. The van der Waals surface area contributed by atoms with Gasteiger partial charge in [0, 0.05) is 44.1 Å². The number of rotatable bonds is 3. The number of piperazine rings is 1. The summed E-state index contributed by atoms with van der Waals surface area (Å²) in [5.74, 6) is 2.71. The summed E-state index contributed by atoms with van der Waals surface area (Å²) in [6.07, 6.45) is 3.66. The van der Waals surface area contributed by atoms with Gasteiger partial charge in [-0.1, -0.05) is 6.07 Å². The van der Waals surface area contributed by atoms with Crippen LogP contribution in [0.25, 0.3) is 0 Å². The minimum atomic E-state index is -0.0453. The molecule has 1 saturated heterocycles. The number of pyridine rings is 1. The first kappa shape index (κ1) is 15.5. The van der Waals surface area contributed by atoms with Gasteiger partial charge in [0.25, 0.3) is 0 Å². The van der Waals surface area contributed by atoms with Gasteiger partial charge in [-0.15, -0.1) is 0 Å². The van der Waals surface area contributed by atoms with Crippen LogP contribution in [0.2, 0.25) is 0 Å². The maximum Gasteiger partial charge on any atom is 0.225 e. The van der Waals surface area contributed by atoms with E-state index < -0.39 is 0 Å². The van der Waals surface area contributed by atoms with Crippen LogP contribution in [-0.2, 0) is 0 Å². The third-order valence-electron chi connectivity index (χ3n) is 3.70. The predicted molar refractivity (Wildman–Crippen MR) is 94.1 cm³/mol. The van der Waals surface area contributed by atoms with Gasteiger partial charge in [0.2, 0.25) is 5.95 Å². The number of aromatic nitrogens is 3. The summed E-state index contributed by atoms with van der Waals surface area (Å²) in [5.41, 5.74) is -0.0453. The molecule has 23 heavy (non-hydrogen) atoms. The molecular weight excluding hydrogens is 288 g/mol. The van der Waals surface area contributed by atoms with Crippen molar-refractivity contribution in [1.82, 2.24) is 15.0 Å². The first-order chi connectivity index (χ1) is 11.0. The molecule has 0 amide bonds. The van der Waals surface area contributed by atoms with Crippen LogP contribution in [0, 0.1) is 0 Å². The van der Waals surface area contributed by atoms with Crippen LogP contribution in [0.1, 0.15) is 20.8 Å². The van der Waals surface area contributed by atoms with Crippen molar-refractivity contribution in [3.8, 4) is 0 Å². The minimum Gasteiger partial charge on any atom is -0.353 e. The molecule has 6 heteroatoms. The zero-order valence-electron chi connectivity index (χ0n) is 14.0. The summed E-state index contributed by atoms with van der Waals surface area (Å²) < 4.78 is 0. The zero-order valence-corrected chi connectivity index (χ0v) is 14.0. The Morgan fingerprint density at radius 3 is 2.17 bits per heavy atom. The van der Waals surface area contributed by atoms with E-state index in [0.717, 1.165) is 37.8 Å². The lowest BCUT2D eigenvalue weighted by atomic mass is 10.1. The molecule has 0 atom stereocenters. The summed E-state index contributed by atoms with van der Waals surface area (Å²) in [4.78, 5) is 18.0. The van der Waals surface area contributed by atoms with E-state index in [1.165, 1.54) is 0 Å². The highest BCUT2D eigenvalue weighted by atomic mass is 15.3. The number of anilines is 3. The standard InChI is InChI=1S/C17H24N6/c1-17(2,3)21-16-19-9-7-15(20-16)23-12-10-22(11-13-23)14-6-4-5-8-18-14/h4-9H,10-13H2,1-3H3,(H,19,20,21). The van der Waals surface area contributed by atoms with Crippen molar-refractivity contribution >= 4 is 17.6 Å². The van der Waals surface area contributed by atoms with Crippen molar-refractivity contribution in [3.63, 3.8) is 0 Å². The molecule has 0 aromatic carbocycles. The maximum absolute atomic E-state index is 4.65. The van der Waals surface area contributed by atoms with E-state index in [-0.39, 0.29) is 5.54 Å². The Labute approximate surface area is 137 Å². The lowest BCUT2D eigenvalue weighted by molar-refractivity contribution is 0.621. The molecule has 1 N–H and O–H groups in total. The first-order valence-electron chi connectivity index (χ1n) is 8.03. The molecule has 0 bridgehead atoms. The van der Waals surface area contributed by atoms with Gasteiger partial charge in [-0.05, 0) is 39.0 Å². The SMILES string of the molecule is CC(C)(C)Nc1nccc(N2CCN(c3ccccn3)CC2)n1. The fourth-order valence-electron chi connectivity index (χ4n) is 2.63. The first-order valence-corrected chi connectivity index (χ1v) is 8.03. The van der Waals surface area contributed by atoms with Crippen molar-refractivity contribution in [1.29, 1.82) is 0 Å². The van der Waals surface area contributed by atoms with Gasteiger partial charge in [0.1, 0.15) is 11.6 Å². The van der Waals surface area contributed by atoms with Gasteiger partial charge in [-0.25, -0.2) is 9.97 Å². The molecular formula is C17H24N6. The lowest BCUT2D eigenvalue weighted by Crippen LogP contribution is -2.47. The molecule has 1 fully saturated rings. The second-order valence-electron chi connectivity index (χ2n) is 6.78. The zero-order chi connectivity index (χ0) is 16.3. The van der Waals surface area contributed by atoms with E-state index >= 15 is 0 Å². The van der Waals surface area contributed by atoms with E-state index in [1.54, 1.807) is 0 Å². The lowest BCUT2D eigenvalue weighted by Gasteiger charge is -2.36. The summed E-state index contributed by atoms with van der Waals surface area (Å²) in [6.45, 7) is 10.1. The smallest absolute Gasteiger partial charge is 0.225 e. The van der Waals surface area contributed by atoms with Crippen LogP contribution in [0.5, 0.6) is 0 Å². The molecule has 2 aromatic heterocycles. The highest BCUT2D eigenvalue weighted by Gasteiger charge is 2.20. The Balaban J connectivity index is 1.65. The van der Waals surface area contributed by atoms with E-state index in [0.29, 0.717) is 5.95 Å². The Morgan fingerprint density at radius 2 is 1.57 bits per heavy atom. The molecule has 2 aromatic rings. The van der Waals surface area contributed by atoms with Crippen molar-refractivity contribution in [2.24, 2.45) is 0 Å². The van der Waals surface area contributed by atoms with Gasteiger partial charge < -0.3 is 15.1 Å². The average Bonchev–Trinajstić information content (AvgIpc) is 2.55. The predicted octanol–water partition coefficient (Wildman–Crippen LogP) is 2.41. The summed E-state index contributed by atoms with van der Waals surface area (Å²) >= 11 is 0. The Morgan fingerprint density at radius 1 is 0.870 bits per heavy atom. The van der Waals surface area contributed by atoms with Gasteiger partial charge >= 0.3 is 0 Å². The van der Waals surface area contributed by atoms with Crippen LogP contribution >= 0.6 is 0 Å². The Kier molecular flexibility index (Phi) is 4.32. The molecule has 3 heterocycles. The van der Waals surface area contributed by atoms with Crippen LogP contribution in [0.3, 0.4) is 0 Å². The topological polar surface area (TPSA) is 57.2 Å². The molecule has 1 aliphatic heterocycles. The second-order valence-corrected chi connectivity index (χ2v) is 6.78. The molecule has 1 aliphatic rings. The van der Waals surface area contributed by atoms with Crippen molar-refractivity contribution < 1.29 is 0 Å². The maximum atomic E-state index is 4.65. The third kappa shape index (κ3) is 4.09. The molecule has 0 radical (unpaired) electrons. The van der Waals surface area contributed by atoms with E-state index in [1.807, 2.05) is 30.6 Å². The highest BCUT2D eigenvalue weighted by Crippen LogP contribution is 2.19. The van der Waals surface area contributed by atoms with Crippen molar-refractivity contribution in [2.75, 3.05) is 41.3 Å². The number of hydrogen-bond acceptors (Lipinski definition) is 6. The molecule has 0 saturated carbocycles. The van der Waals surface area contributed by atoms with Gasteiger partial charge in [-0.3, -0.25) is 0 Å². The highest BCUT2D eigenvalue weighted by molar-refractivity contribution is 5.46. The van der Waals surface area contributed by atoms with Crippen LogP contribution in [-0.4, -0.2) is 46.7 Å². The second kappa shape index (κ2) is 6.40. The third-order valence-corrected chi connectivity index (χ3v) is 3.70. The molecule has 6 nitrogen and oxygen atoms in total. The monoisotopic (exact) mass is 312 g/mol. The quantitative estimate of drug-likeness (QED) is 0.939. The normalized spacial score (nSPS) is 15.6. The van der Waals surface area contributed by atoms with Gasteiger partial charge in [0.05, 0.1) is 0 Å². The minimum absolute atomic E-state index is 0.0453. The number of nitrogens with zero attached hydrogens (tertiary/aromatic N) is 5. The van der Waals surface area contributed by atoms with Crippen molar-refractivity contribution in [3.05, 3.63) is 36.7 Å². The molecule has 0 aliphatic carbocycles.